The van der Waals surface area contributed by atoms with Crippen LogP contribution in [0.15, 0.2) is 66.9 Å². The number of rotatable bonds is 5. The molecule has 2 aromatic heterocycles. The maximum absolute atomic E-state index is 11.3. The van der Waals surface area contributed by atoms with Gasteiger partial charge in [0.2, 0.25) is 11.7 Å². The lowest BCUT2D eigenvalue weighted by atomic mass is 10.0. The molecule has 0 unspecified atom stereocenters. The van der Waals surface area contributed by atoms with Crippen LogP contribution in [0.2, 0.25) is 0 Å². The molecule has 4 rings (SSSR count). The van der Waals surface area contributed by atoms with E-state index in [1.54, 1.807) is 13.3 Å². The van der Waals surface area contributed by atoms with Gasteiger partial charge in [0.05, 0.1) is 12.8 Å². The van der Waals surface area contributed by atoms with Crippen molar-refractivity contribution in [3.8, 4) is 34.1 Å². The van der Waals surface area contributed by atoms with Crippen molar-refractivity contribution >= 4 is 11.6 Å². The second kappa shape index (κ2) is 7.89. The Labute approximate surface area is 167 Å². The summed E-state index contributed by atoms with van der Waals surface area (Å²) in [6.07, 6.45) is 1.68. The van der Waals surface area contributed by atoms with Gasteiger partial charge in [0.1, 0.15) is 11.4 Å². The van der Waals surface area contributed by atoms with E-state index in [-0.39, 0.29) is 5.91 Å². The maximum Gasteiger partial charge on any atom is 0.223 e. The molecule has 0 aliphatic carbocycles. The number of carbonyl (C=O) groups is 1. The molecule has 29 heavy (non-hydrogen) atoms. The molecule has 2 heterocycles. The van der Waals surface area contributed by atoms with E-state index in [9.17, 15) is 4.79 Å². The Morgan fingerprint density at radius 1 is 1.07 bits per heavy atom. The first-order valence-corrected chi connectivity index (χ1v) is 8.92. The van der Waals surface area contributed by atoms with E-state index in [1.807, 2.05) is 60.7 Å². The van der Waals surface area contributed by atoms with Gasteiger partial charge >= 0.3 is 0 Å². The van der Waals surface area contributed by atoms with Gasteiger partial charge in [0.15, 0.2) is 0 Å². The Hall–Kier alpha value is -4.07. The molecule has 0 bridgehead atoms. The third-order valence-corrected chi connectivity index (χ3v) is 4.22. The number of tetrazole rings is 1. The smallest absolute Gasteiger partial charge is 0.223 e. The molecule has 2 aromatic carbocycles. The van der Waals surface area contributed by atoms with Gasteiger partial charge in [0, 0.05) is 30.4 Å². The van der Waals surface area contributed by atoms with Crippen LogP contribution in [0.4, 0.5) is 5.69 Å². The van der Waals surface area contributed by atoms with E-state index in [0.717, 1.165) is 16.8 Å². The third kappa shape index (κ3) is 3.96. The number of aromatic nitrogens is 5. The number of amides is 1. The molecule has 0 saturated carbocycles. The quantitative estimate of drug-likeness (QED) is 0.565. The lowest BCUT2D eigenvalue weighted by molar-refractivity contribution is -0.114. The van der Waals surface area contributed by atoms with E-state index < -0.39 is 0 Å². The van der Waals surface area contributed by atoms with Gasteiger partial charge in [-0.1, -0.05) is 18.2 Å². The largest absolute Gasteiger partial charge is 0.496 e. The highest BCUT2D eigenvalue weighted by Crippen LogP contribution is 2.33. The van der Waals surface area contributed by atoms with Crippen molar-refractivity contribution < 1.29 is 9.53 Å². The van der Waals surface area contributed by atoms with Crippen LogP contribution in [0.25, 0.3) is 28.3 Å². The number of nitrogens with one attached hydrogen (secondary N) is 1. The van der Waals surface area contributed by atoms with Gasteiger partial charge in [-0.25, -0.2) is 0 Å². The van der Waals surface area contributed by atoms with Gasteiger partial charge < -0.3 is 10.1 Å². The number of methoxy groups -OCH3 is 1. The molecule has 0 atom stereocenters. The molecule has 0 aliphatic heterocycles. The molecule has 8 nitrogen and oxygen atoms in total. The van der Waals surface area contributed by atoms with Crippen LogP contribution >= 0.6 is 0 Å². The fourth-order valence-electron chi connectivity index (χ4n) is 2.93. The van der Waals surface area contributed by atoms with Crippen molar-refractivity contribution in [3.63, 3.8) is 0 Å². The molecule has 0 fully saturated rings. The Morgan fingerprint density at radius 3 is 2.72 bits per heavy atom. The number of hydrogen-bond donors (Lipinski definition) is 1. The van der Waals surface area contributed by atoms with Crippen LogP contribution in [-0.4, -0.2) is 38.2 Å². The highest BCUT2D eigenvalue weighted by molar-refractivity contribution is 5.89. The van der Waals surface area contributed by atoms with Crippen molar-refractivity contribution in [1.29, 1.82) is 0 Å². The van der Waals surface area contributed by atoms with E-state index in [4.69, 9.17) is 4.74 Å². The van der Waals surface area contributed by atoms with Crippen LogP contribution < -0.4 is 10.1 Å². The zero-order valence-corrected chi connectivity index (χ0v) is 15.9. The van der Waals surface area contributed by atoms with Crippen LogP contribution in [0, 0.1) is 0 Å². The van der Waals surface area contributed by atoms with Crippen molar-refractivity contribution in [3.05, 3.63) is 66.9 Å². The van der Waals surface area contributed by atoms with E-state index in [1.165, 1.54) is 11.7 Å². The number of hydrogen-bond acceptors (Lipinski definition) is 6. The highest BCUT2D eigenvalue weighted by atomic mass is 16.5. The van der Waals surface area contributed by atoms with Crippen LogP contribution in [0.5, 0.6) is 5.75 Å². The predicted molar refractivity (Wildman–Crippen MR) is 109 cm³/mol. The summed E-state index contributed by atoms with van der Waals surface area (Å²) < 4.78 is 5.59. The molecule has 4 aromatic rings. The summed E-state index contributed by atoms with van der Waals surface area (Å²) in [5, 5.41) is 15.4. The van der Waals surface area contributed by atoms with Crippen molar-refractivity contribution in [2.75, 3.05) is 12.4 Å². The Bertz CT molecular complexity index is 1160. The number of nitrogens with zero attached hydrogens (tertiary/aromatic N) is 5. The minimum atomic E-state index is -0.120. The Balaban J connectivity index is 1.67. The maximum atomic E-state index is 11.3. The van der Waals surface area contributed by atoms with Crippen LogP contribution in [0.1, 0.15) is 6.92 Å². The van der Waals surface area contributed by atoms with Gasteiger partial charge in [0.25, 0.3) is 0 Å². The van der Waals surface area contributed by atoms with Gasteiger partial charge in [-0.05, 0) is 47.2 Å². The lowest BCUT2D eigenvalue weighted by Gasteiger charge is -2.11. The topological polar surface area (TPSA) is 94.8 Å². The summed E-state index contributed by atoms with van der Waals surface area (Å²) in [7, 11) is 1.61. The minimum Gasteiger partial charge on any atom is -0.496 e. The van der Waals surface area contributed by atoms with Crippen LogP contribution in [0.3, 0.4) is 0 Å². The first-order valence-electron chi connectivity index (χ1n) is 8.92. The van der Waals surface area contributed by atoms with Gasteiger partial charge in [-0.3, -0.25) is 9.78 Å². The second-order valence-corrected chi connectivity index (χ2v) is 6.26. The minimum absolute atomic E-state index is 0.120. The Kier molecular flexibility index (Phi) is 4.98. The average molecular weight is 386 g/mol. The number of pyridine rings is 1. The summed E-state index contributed by atoms with van der Waals surface area (Å²) in [5.74, 6) is 0.973. The van der Waals surface area contributed by atoms with Crippen LogP contribution in [-0.2, 0) is 4.79 Å². The van der Waals surface area contributed by atoms with Crippen molar-refractivity contribution in [1.82, 2.24) is 25.2 Å². The monoisotopic (exact) mass is 386 g/mol. The molecular formula is C21H18N6O2. The second-order valence-electron chi connectivity index (χ2n) is 6.26. The SMILES string of the molecule is COc1cc(-n2nnc(-c3ccccn3)n2)ccc1-c1cccc(NC(C)=O)c1. The average Bonchev–Trinajstić information content (AvgIpc) is 3.24. The van der Waals surface area contributed by atoms with Gasteiger partial charge in [-0.15, -0.1) is 15.0 Å². The van der Waals surface area contributed by atoms with E-state index in [2.05, 4.69) is 25.7 Å². The molecule has 1 amide bonds. The predicted octanol–water partition coefficient (Wildman–Crippen LogP) is 3.36. The summed E-state index contributed by atoms with van der Waals surface area (Å²) in [6, 6.07) is 18.7. The van der Waals surface area contributed by atoms with Crippen molar-refractivity contribution in [2.24, 2.45) is 0 Å². The van der Waals surface area contributed by atoms with E-state index in [0.29, 0.717) is 23.0 Å². The third-order valence-electron chi connectivity index (χ3n) is 4.22. The summed E-state index contributed by atoms with van der Waals surface area (Å²) in [4.78, 5) is 17.0. The zero-order chi connectivity index (χ0) is 20.2. The first kappa shape index (κ1) is 18.3. The number of carbonyl (C=O) groups excluding carboxylic acids is 1. The normalized spacial score (nSPS) is 10.6. The number of anilines is 1. The molecule has 1 N–H and O–H groups in total. The number of ether oxygens (including phenoxy) is 1. The fraction of sp³-hybridized carbons (Fsp3) is 0.0952. The summed E-state index contributed by atoms with van der Waals surface area (Å²) in [6.45, 7) is 1.48. The zero-order valence-electron chi connectivity index (χ0n) is 15.9. The molecule has 0 spiro atoms. The lowest BCUT2D eigenvalue weighted by Crippen LogP contribution is -2.05. The fourth-order valence-corrected chi connectivity index (χ4v) is 2.93. The Morgan fingerprint density at radius 2 is 1.97 bits per heavy atom. The number of benzene rings is 2. The molecular weight excluding hydrogens is 368 g/mol. The summed E-state index contributed by atoms with van der Waals surface area (Å²) >= 11 is 0. The van der Waals surface area contributed by atoms with Crippen molar-refractivity contribution in [2.45, 2.75) is 6.92 Å². The standard InChI is InChI=1S/C21H18N6O2/c1-14(28)23-16-7-5-6-15(12-16)18-10-9-17(13-20(18)29-2)27-25-21(24-26-27)19-8-3-4-11-22-19/h3-13H,1-2H3,(H,23,28). The van der Waals surface area contributed by atoms with E-state index >= 15 is 0 Å². The molecule has 0 saturated heterocycles. The molecule has 0 radical (unpaired) electrons. The molecule has 8 heteroatoms. The molecule has 144 valence electrons. The van der Waals surface area contributed by atoms with Gasteiger partial charge in [-0.2, -0.15) is 0 Å². The highest BCUT2D eigenvalue weighted by Gasteiger charge is 2.12. The molecule has 0 aliphatic rings. The summed E-state index contributed by atoms with van der Waals surface area (Å²) in [5.41, 5.74) is 3.88. The first-order chi connectivity index (χ1) is 14.1.